The zero-order valence-corrected chi connectivity index (χ0v) is 21.3. The first kappa shape index (κ1) is 26.8. The Balaban J connectivity index is 1.45. The number of amides is 5. The number of hydrogen-bond donors (Lipinski definition) is 2. The topological polar surface area (TPSA) is 94.6 Å². The van der Waals surface area contributed by atoms with Gasteiger partial charge in [-0.25, -0.2) is 19.5 Å². The molecule has 2 aliphatic rings. The second kappa shape index (κ2) is 10.6. The maximum absolute atomic E-state index is 13.3. The second-order valence-corrected chi connectivity index (χ2v) is 10.7. The molecule has 2 heterocycles. The van der Waals surface area contributed by atoms with Crippen LogP contribution >= 0.6 is 11.8 Å². The Labute approximate surface area is 217 Å². The standard InChI is InChI=1S/C25H28F3N5O3S/c1-24(2)21(34)33(18-8-10-19(11-9-18)37-25(26,27)28)23(36)32(24)15-16-12-13-29-20(14-16)31-22(35)30-17-6-4-3-5-7-17/h8-14,17H,3-7,15H2,1-2H3,(H2,29,30,31,35). The fourth-order valence-electron chi connectivity index (χ4n) is 4.53. The van der Waals surface area contributed by atoms with Gasteiger partial charge in [0.25, 0.3) is 5.91 Å². The molecule has 0 unspecified atom stereocenters. The molecular weight excluding hydrogens is 507 g/mol. The maximum Gasteiger partial charge on any atom is 0.446 e. The van der Waals surface area contributed by atoms with Crippen LogP contribution in [0.2, 0.25) is 0 Å². The third-order valence-corrected chi connectivity index (χ3v) is 7.24. The van der Waals surface area contributed by atoms with Crippen molar-refractivity contribution in [2.24, 2.45) is 0 Å². The Hall–Kier alpha value is -3.28. The van der Waals surface area contributed by atoms with E-state index in [0.29, 0.717) is 11.4 Å². The fourth-order valence-corrected chi connectivity index (χ4v) is 5.07. The average Bonchev–Trinajstić information content (AvgIpc) is 2.99. The van der Waals surface area contributed by atoms with Crippen molar-refractivity contribution in [2.75, 3.05) is 10.2 Å². The first-order chi connectivity index (χ1) is 17.4. The number of aromatic nitrogens is 1. The van der Waals surface area contributed by atoms with E-state index < -0.39 is 23.0 Å². The zero-order chi connectivity index (χ0) is 26.8. The average molecular weight is 536 g/mol. The molecule has 8 nitrogen and oxygen atoms in total. The van der Waals surface area contributed by atoms with Gasteiger partial charge in [-0.3, -0.25) is 10.1 Å². The zero-order valence-electron chi connectivity index (χ0n) is 20.5. The predicted octanol–water partition coefficient (Wildman–Crippen LogP) is 5.90. The van der Waals surface area contributed by atoms with Crippen molar-refractivity contribution in [1.29, 1.82) is 0 Å². The van der Waals surface area contributed by atoms with Gasteiger partial charge < -0.3 is 10.2 Å². The molecule has 2 fully saturated rings. The minimum atomic E-state index is -4.44. The number of alkyl halides is 3. The van der Waals surface area contributed by atoms with E-state index in [0.717, 1.165) is 30.6 Å². The smallest absolute Gasteiger partial charge is 0.335 e. The lowest BCUT2D eigenvalue weighted by Gasteiger charge is -2.27. The Morgan fingerprint density at radius 3 is 2.43 bits per heavy atom. The van der Waals surface area contributed by atoms with Gasteiger partial charge in [-0.1, -0.05) is 19.3 Å². The molecule has 1 aliphatic carbocycles. The van der Waals surface area contributed by atoms with Gasteiger partial charge in [0.15, 0.2) is 0 Å². The number of carbonyl (C=O) groups is 3. The summed E-state index contributed by atoms with van der Waals surface area (Å²) in [5, 5.41) is 5.68. The summed E-state index contributed by atoms with van der Waals surface area (Å²) in [5.74, 6) is -0.177. The molecule has 4 rings (SSSR count). The summed E-state index contributed by atoms with van der Waals surface area (Å²) in [6, 6.07) is 7.62. The summed E-state index contributed by atoms with van der Waals surface area (Å²) in [4.78, 5) is 45.3. The number of nitrogens with zero attached hydrogens (tertiary/aromatic N) is 3. The van der Waals surface area contributed by atoms with E-state index >= 15 is 0 Å². The monoisotopic (exact) mass is 535 g/mol. The molecule has 1 saturated heterocycles. The Morgan fingerprint density at radius 1 is 1.11 bits per heavy atom. The van der Waals surface area contributed by atoms with E-state index in [-0.39, 0.29) is 41.0 Å². The largest absolute Gasteiger partial charge is 0.446 e. The highest BCUT2D eigenvalue weighted by atomic mass is 32.2. The number of nitrogens with one attached hydrogen (secondary N) is 2. The van der Waals surface area contributed by atoms with E-state index in [9.17, 15) is 27.6 Å². The van der Waals surface area contributed by atoms with Crippen LogP contribution in [-0.4, -0.2) is 44.9 Å². The van der Waals surface area contributed by atoms with Crippen LogP contribution in [0.5, 0.6) is 0 Å². The van der Waals surface area contributed by atoms with Crippen molar-refractivity contribution in [3.63, 3.8) is 0 Å². The molecule has 37 heavy (non-hydrogen) atoms. The van der Waals surface area contributed by atoms with Crippen molar-refractivity contribution in [1.82, 2.24) is 15.2 Å². The van der Waals surface area contributed by atoms with E-state index in [2.05, 4.69) is 15.6 Å². The minimum Gasteiger partial charge on any atom is -0.335 e. The molecule has 198 valence electrons. The SMILES string of the molecule is CC1(C)C(=O)N(c2ccc(SC(F)(F)F)cc2)C(=O)N1Cc1ccnc(NC(=O)NC2CCCCC2)c1. The molecule has 2 aromatic rings. The third-order valence-electron chi connectivity index (χ3n) is 6.50. The lowest BCUT2D eigenvalue weighted by Crippen LogP contribution is -2.43. The van der Waals surface area contributed by atoms with Gasteiger partial charge in [0.2, 0.25) is 0 Å². The molecule has 1 aromatic heterocycles. The van der Waals surface area contributed by atoms with E-state index in [1.54, 1.807) is 26.0 Å². The van der Waals surface area contributed by atoms with Crippen molar-refractivity contribution in [2.45, 2.75) is 74.5 Å². The predicted molar refractivity (Wildman–Crippen MR) is 134 cm³/mol. The lowest BCUT2D eigenvalue weighted by atomic mass is 9.96. The number of carbonyl (C=O) groups excluding carboxylic acids is 3. The van der Waals surface area contributed by atoms with Crippen molar-refractivity contribution < 1.29 is 27.6 Å². The number of benzene rings is 1. The van der Waals surface area contributed by atoms with Gasteiger partial charge in [0.1, 0.15) is 11.4 Å². The number of hydrogen-bond acceptors (Lipinski definition) is 5. The maximum atomic E-state index is 13.3. The molecular formula is C25H28F3N5O3S. The molecule has 0 bridgehead atoms. The normalized spacial score (nSPS) is 18.3. The highest BCUT2D eigenvalue weighted by Crippen LogP contribution is 2.39. The quantitative estimate of drug-likeness (QED) is 0.355. The molecule has 5 amide bonds. The van der Waals surface area contributed by atoms with Crippen LogP contribution in [0.3, 0.4) is 0 Å². The number of anilines is 2. The summed E-state index contributed by atoms with van der Waals surface area (Å²) in [6.07, 6.45) is 6.76. The van der Waals surface area contributed by atoms with Crippen molar-refractivity contribution in [3.05, 3.63) is 48.2 Å². The minimum absolute atomic E-state index is 0.0456. The molecule has 0 atom stereocenters. The van der Waals surface area contributed by atoms with Crippen LogP contribution in [0.4, 0.5) is 34.3 Å². The number of rotatable bonds is 6. The molecule has 0 spiro atoms. The van der Waals surface area contributed by atoms with Gasteiger partial charge in [0.05, 0.1) is 5.69 Å². The van der Waals surface area contributed by atoms with Crippen molar-refractivity contribution in [3.8, 4) is 0 Å². The van der Waals surface area contributed by atoms with E-state index in [4.69, 9.17) is 0 Å². The summed E-state index contributed by atoms with van der Waals surface area (Å²) < 4.78 is 37.9. The van der Waals surface area contributed by atoms with Gasteiger partial charge in [-0.2, -0.15) is 13.2 Å². The van der Waals surface area contributed by atoms with Gasteiger partial charge in [0, 0.05) is 23.7 Å². The van der Waals surface area contributed by atoms with Gasteiger partial charge >= 0.3 is 17.6 Å². The molecule has 2 N–H and O–H groups in total. The molecule has 0 radical (unpaired) electrons. The second-order valence-electron chi connectivity index (χ2n) is 9.59. The van der Waals surface area contributed by atoms with E-state index in [1.165, 1.54) is 41.8 Å². The highest BCUT2D eigenvalue weighted by Gasteiger charge is 2.51. The Morgan fingerprint density at radius 2 is 1.78 bits per heavy atom. The number of pyridine rings is 1. The first-order valence-electron chi connectivity index (χ1n) is 12.0. The Bertz CT molecular complexity index is 1170. The van der Waals surface area contributed by atoms with Crippen LogP contribution < -0.4 is 15.5 Å². The number of halogens is 3. The van der Waals surface area contributed by atoms with E-state index in [1.807, 2.05) is 0 Å². The molecule has 12 heteroatoms. The third kappa shape index (κ3) is 6.35. The van der Waals surface area contributed by atoms with Crippen LogP contribution in [-0.2, 0) is 11.3 Å². The molecule has 1 aromatic carbocycles. The Kier molecular flexibility index (Phi) is 7.67. The van der Waals surface area contributed by atoms with Crippen LogP contribution in [0, 0.1) is 0 Å². The van der Waals surface area contributed by atoms with Gasteiger partial charge in [-0.15, -0.1) is 0 Å². The summed E-state index contributed by atoms with van der Waals surface area (Å²) in [7, 11) is 0. The summed E-state index contributed by atoms with van der Waals surface area (Å²) in [6.45, 7) is 3.29. The van der Waals surface area contributed by atoms with Crippen LogP contribution in [0.15, 0.2) is 47.5 Å². The summed E-state index contributed by atoms with van der Waals surface area (Å²) in [5.41, 5.74) is -4.80. The van der Waals surface area contributed by atoms with Crippen molar-refractivity contribution >= 4 is 41.2 Å². The number of urea groups is 2. The fraction of sp³-hybridized carbons (Fsp3) is 0.440. The van der Waals surface area contributed by atoms with Crippen LogP contribution in [0.25, 0.3) is 0 Å². The number of thioether (sulfide) groups is 1. The first-order valence-corrected chi connectivity index (χ1v) is 12.8. The number of imide groups is 1. The highest BCUT2D eigenvalue weighted by molar-refractivity contribution is 8.00. The van der Waals surface area contributed by atoms with Gasteiger partial charge in [-0.05, 0) is 80.4 Å². The summed E-state index contributed by atoms with van der Waals surface area (Å²) >= 11 is -0.268. The van der Waals surface area contributed by atoms with Crippen LogP contribution in [0.1, 0.15) is 51.5 Å². The lowest BCUT2D eigenvalue weighted by molar-refractivity contribution is -0.123. The molecule has 1 aliphatic heterocycles. The molecule has 1 saturated carbocycles.